The number of nitrogens with one attached hydrogen (secondary N) is 1. The van der Waals surface area contributed by atoms with Gasteiger partial charge in [0.25, 0.3) is 5.91 Å². The number of sulfonamides is 1. The van der Waals surface area contributed by atoms with Crippen LogP contribution >= 0.6 is 0 Å². The topological polar surface area (TPSA) is 94.2 Å². The summed E-state index contributed by atoms with van der Waals surface area (Å²) in [5.41, 5.74) is 1.25. The molecule has 3 rings (SSSR count). The Morgan fingerprint density at radius 2 is 1.90 bits per heavy atom. The minimum absolute atomic E-state index is 0.0681. The minimum Gasteiger partial charge on any atom is -0.493 e. The number of carbonyl (C=O) groups excluding carboxylic acids is 1. The van der Waals surface area contributed by atoms with Gasteiger partial charge in [0.05, 0.1) is 32.2 Å². The monoisotopic (exact) mass is 420 g/mol. The third-order valence-electron chi connectivity index (χ3n) is 4.64. The molecule has 1 aliphatic rings. The SMILES string of the molecule is CCS(=O)(=O)N1C[C@@H](C(=O)NCc2ccc(OC)c(OC)c2)Oc2ccccc21. The first-order valence-corrected chi connectivity index (χ1v) is 10.7. The number of rotatable bonds is 7. The molecule has 0 saturated heterocycles. The number of methoxy groups -OCH3 is 2. The van der Waals surface area contributed by atoms with Crippen LogP contribution in [0.5, 0.6) is 17.2 Å². The Morgan fingerprint density at radius 3 is 2.59 bits per heavy atom. The van der Waals surface area contributed by atoms with Crippen molar-refractivity contribution in [2.45, 2.75) is 19.6 Å². The van der Waals surface area contributed by atoms with Gasteiger partial charge in [-0.1, -0.05) is 18.2 Å². The molecule has 1 heterocycles. The fraction of sp³-hybridized carbons (Fsp3) is 0.350. The molecular formula is C20H24N2O6S. The first-order valence-electron chi connectivity index (χ1n) is 9.14. The minimum atomic E-state index is -3.54. The number of hydrogen-bond donors (Lipinski definition) is 1. The predicted octanol–water partition coefficient (Wildman–Crippen LogP) is 1.94. The summed E-state index contributed by atoms with van der Waals surface area (Å²) < 4.78 is 42.5. The Bertz CT molecular complexity index is 992. The van der Waals surface area contributed by atoms with Crippen molar-refractivity contribution >= 4 is 21.6 Å². The van der Waals surface area contributed by atoms with Crippen molar-refractivity contribution in [2.75, 3.05) is 30.8 Å². The normalized spacial score (nSPS) is 15.8. The Morgan fingerprint density at radius 1 is 1.17 bits per heavy atom. The van der Waals surface area contributed by atoms with Gasteiger partial charge in [0.15, 0.2) is 17.6 Å². The maximum Gasteiger partial charge on any atom is 0.263 e. The van der Waals surface area contributed by atoms with Crippen molar-refractivity contribution in [3.63, 3.8) is 0 Å². The van der Waals surface area contributed by atoms with E-state index in [1.807, 2.05) is 6.07 Å². The quantitative estimate of drug-likeness (QED) is 0.736. The molecule has 1 atom stereocenters. The third kappa shape index (κ3) is 4.40. The number of hydrogen-bond acceptors (Lipinski definition) is 6. The first kappa shape index (κ1) is 20.8. The van der Waals surface area contributed by atoms with E-state index in [-0.39, 0.29) is 18.8 Å². The number of benzene rings is 2. The molecule has 29 heavy (non-hydrogen) atoms. The fourth-order valence-electron chi connectivity index (χ4n) is 3.05. The molecule has 0 fully saturated rings. The number of para-hydroxylation sites is 2. The van der Waals surface area contributed by atoms with Gasteiger partial charge in [-0.05, 0) is 36.8 Å². The van der Waals surface area contributed by atoms with E-state index in [1.54, 1.807) is 50.4 Å². The van der Waals surface area contributed by atoms with Crippen LogP contribution in [0, 0.1) is 0 Å². The molecule has 0 aliphatic carbocycles. The van der Waals surface area contributed by atoms with Crippen LogP contribution in [-0.2, 0) is 21.4 Å². The fourth-order valence-corrected chi connectivity index (χ4v) is 4.18. The standard InChI is InChI=1S/C20H24N2O6S/c1-4-29(24,25)22-13-19(28-16-8-6-5-7-15(16)22)20(23)21-12-14-9-10-17(26-2)18(11-14)27-3/h5-11,19H,4,12-13H2,1-3H3,(H,21,23)/t19-/m0/s1. The van der Waals surface area contributed by atoms with Gasteiger partial charge < -0.3 is 19.5 Å². The largest absolute Gasteiger partial charge is 0.493 e. The van der Waals surface area contributed by atoms with Crippen molar-refractivity contribution in [1.29, 1.82) is 0 Å². The molecule has 0 spiro atoms. The molecule has 0 unspecified atom stereocenters. The van der Waals surface area contributed by atoms with Crippen molar-refractivity contribution in [1.82, 2.24) is 5.32 Å². The van der Waals surface area contributed by atoms with E-state index >= 15 is 0 Å². The van der Waals surface area contributed by atoms with Crippen LogP contribution in [0.4, 0.5) is 5.69 Å². The van der Waals surface area contributed by atoms with E-state index in [0.29, 0.717) is 22.9 Å². The van der Waals surface area contributed by atoms with Crippen molar-refractivity contribution < 1.29 is 27.4 Å². The second-order valence-electron chi connectivity index (χ2n) is 6.41. The molecule has 1 N–H and O–H groups in total. The van der Waals surface area contributed by atoms with Crippen LogP contribution in [0.2, 0.25) is 0 Å². The Hall–Kier alpha value is -2.94. The molecule has 1 aliphatic heterocycles. The average Bonchev–Trinajstić information content (AvgIpc) is 2.76. The lowest BCUT2D eigenvalue weighted by atomic mass is 10.2. The zero-order valence-electron chi connectivity index (χ0n) is 16.5. The molecule has 0 radical (unpaired) electrons. The zero-order valence-corrected chi connectivity index (χ0v) is 17.4. The highest BCUT2D eigenvalue weighted by Gasteiger charge is 2.35. The van der Waals surface area contributed by atoms with Gasteiger partial charge in [0.1, 0.15) is 5.75 Å². The number of anilines is 1. The van der Waals surface area contributed by atoms with Gasteiger partial charge in [0, 0.05) is 6.54 Å². The van der Waals surface area contributed by atoms with Gasteiger partial charge in [-0.25, -0.2) is 8.42 Å². The average molecular weight is 420 g/mol. The summed E-state index contributed by atoms with van der Waals surface area (Å²) in [6, 6.07) is 12.1. The summed E-state index contributed by atoms with van der Waals surface area (Å²) in [5, 5.41) is 2.80. The summed E-state index contributed by atoms with van der Waals surface area (Å²) in [7, 11) is -0.455. The molecule has 2 aromatic rings. The van der Waals surface area contributed by atoms with Crippen LogP contribution in [0.25, 0.3) is 0 Å². The van der Waals surface area contributed by atoms with E-state index < -0.39 is 22.0 Å². The maximum absolute atomic E-state index is 12.7. The molecule has 0 saturated carbocycles. The van der Waals surface area contributed by atoms with E-state index in [0.717, 1.165) is 5.56 Å². The Kier molecular flexibility index (Phi) is 6.17. The summed E-state index contributed by atoms with van der Waals surface area (Å²) in [5.74, 6) is 1.05. The summed E-state index contributed by atoms with van der Waals surface area (Å²) in [4.78, 5) is 12.7. The number of ether oxygens (including phenoxy) is 3. The van der Waals surface area contributed by atoms with Crippen molar-refractivity contribution in [2.24, 2.45) is 0 Å². The molecular weight excluding hydrogens is 396 g/mol. The van der Waals surface area contributed by atoms with Crippen LogP contribution in [0.15, 0.2) is 42.5 Å². The highest BCUT2D eigenvalue weighted by atomic mass is 32.2. The van der Waals surface area contributed by atoms with Gasteiger partial charge in [-0.2, -0.15) is 0 Å². The lowest BCUT2D eigenvalue weighted by Crippen LogP contribution is -2.50. The number of nitrogens with zero attached hydrogens (tertiary/aromatic N) is 1. The Labute approximate surface area is 170 Å². The molecule has 0 bridgehead atoms. The Balaban J connectivity index is 1.75. The van der Waals surface area contributed by atoms with Gasteiger partial charge >= 0.3 is 0 Å². The molecule has 156 valence electrons. The van der Waals surface area contributed by atoms with E-state index in [4.69, 9.17) is 14.2 Å². The van der Waals surface area contributed by atoms with Crippen LogP contribution in [-0.4, -0.2) is 46.9 Å². The summed E-state index contributed by atoms with van der Waals surface area (Å²) in [6.07, 6.45) is -0.952. The number of amides is 1. The number of carbonyl (C=O) groups is 1. The van der Waals surface area contributed by atoms with E-state index in [2.05, 4.69) is 5.32 Å². The highest BCUT2D eigenvalue weighted by Crippen LogP contribution is 2.35. The van der Waals surface area contributed by atoms with Crippen LogP contribution in [0.1, 0.15) is 12.5 Å². The number of fused-ring (bicyclic) bond motifs is 1. The van der Waals surface area contributed by atoms with E-state index in [9.17, 15) is 13.2 Å². The van der Waals surface area contributed by atoms with E-state index in [1.165, 1.54) is 11.4 Å². The second-order valence-corrected chi connectivity index (χ2v) is 8.59. The molecule has 0 aromatic heterocycles. The molecule has 8 nitrogen and oxygen atoms in total. The van der Waals surface area contributed by atoms with Crippen LogP contribution < -0.4 is 23.8 Å². The predicted molar refractivity (Wildman–Crippen MR) is 109 cm³/mol. The maximum atomic E-state index is 12.7. The highest BCUT2D eigenvalue weighted by molar-refractivity contribution is 7.92. The zero-order chi connectivity index (χ0) is 21.0. The lowest BCUT2D eigenvalue weighted by Gasteiger charge is -2.34. The van der Waals surface area contributed by atoms with Crippen molar-refractivity contribution in [3.8, 4) is 17.2 Å². The molecule has 2 aromatic carbocycles. The van der Waals surface area contributed by atoms with Gasteiger partial charge in [0.2, 0.25) is 10.0 Å². The van der Waals surface area contributed by atoms with Crippen LogP contribution in [0.3, 0.4) is 0 Å². The van der Waals surface area contributed by atoms with Gasteiger partial charge in [-0.3, -0.25) is 9.10 Å². The first-order chi connectivity index (χ1) is 13.9. The molecule has 9 heteroatoms. The molecule has 1 amide bonds. The lowest BCUT2D eigenvalue weighted by molar-refractivity contribution is -0.127. The van der Waals surface area contributed by atoms with Gasteiger partial charge in [-0.15, -0.1) is 0 Å². The summed E-state index contributed by atoms with van der Waals surface area (Å²) in [6.45, 7) is 1.73. The third-order valence-corrected chi connectivity index (χ3v) is 6.39. The second kappa shape index (κ2) is 8.60. The van der Waals surface area contributed by atoms with Crippen molar-refractivity contribution in [3.05, 3.63) is 48.0 Å². The smallest absolute Gasteiger partial charge is 0.263 e. The summed E-state index contributed by atoms with van der Waals surface area (Å²) >= 11 is 0.